The summed E-state index contributed by atoms with van der Waals surface area (Å²) < 4.78 is 0. The lowest BCUT2D eigenvalue weighted by Crippen LogP contribution is -2.13. The summed E-state index contributed by atoms with van der Waals surface area (Å²) in [5.74, 6) is 0. The molecule has 0 aliphatic carbocycles. The minimum Gasteiger partial charge on any atom is -0.0614 e. The summed E-state index contributed by atoms with van der Waals surface area (Å²) in [6.07, 6.45) is 0. The van der Waals surface area contributed by atoms with Gasteiger partial charge in [0.2, 0.25) is 0 Å². The maximum atomic E-state index is 2.41. The summed E-state index contributed by atoms with van der Waals surface area (Å²) in [5, 5.41) is 3.12. The molecule has 0 spiro atoms. The summed E-state index contributed by atoms with van der Waals surface area (Å²) in [5.41, 5.74) is 2.90. The summed E-state index contributed by atoms with van der Waals surface area (Å²) in [7, 11) is -1.07. The topological polar surface area (TPSA) is 0 Å². The highest BCUT2D eigenvalue weighted by Gasteiger charge is 2.42. The Hall–Kier alpha value is -1.13. The van der Waals surface area contributed by atoms with E-state index >= 15 is 0 Å². The van der Waals surface area contributed by atoms with E-state index in [1.807, 2.05) is 0 Å². The Kier molecular flexibility index (Phi) is 1.78. The van der Waals surface area contributed by atoms with Crippen molar-refractivity contribution in [3.63, 3.8) is 0 Å². The Bertz CT molecular complexity index is 479. The van der Waals surface area contributed by atoms with Crippen molar-refractivity contribution in [3.8, 4) is 11.1 Å². The molecule has 0 atom stereocenters. The molecule has 0 amide bonds. The molecule has 2 aromatic carbocycles. The fourth-order valence-electron chi connectivity index (χ4n) is 2.51. The Morgan fingerprint density at radius 3 is 1.53 bits per heavy atom. The van der Waals surface area contributed by atoms with Gasteiger partial charge in [-0.25, -0.2) is 0 Å². The maximum Gasteiger partial charge on any atom is 0.106 e. The first kappa shape index (κ1) is 9.12. The normalized spacial score (nSPS) is 15.9. The molecule has 0 saturated heterocycles. The molecule has 1 heteroatoms. The molecular weight excluding hydrogens is 199 g/mol. The zero-order chi connectivity index (χ0) is 10.5. The second-order valence-electron chi connectivity index (χ2n) is 4.49. The molecule has 0 fully saturated rings. The molecule has 1 aliphatic heterocycles. The van der Waals surface area contributed by atoms with Gasteiger partial charge in [0.15, 0.2) is 0 Å². The molecule has 0 bridgehead atoms. The molecule has 1 heterocycles. The highest BCUT2D eigenvalue weighted by atomic mass is 31.2. The van der Waals surface area contributed by atoms with E-state index in [0.29, 0.717) is 0 Å². The zero-order valence-electron chi connectivity index (χ0n) is 9.07. The SMILES string of the molecule is C[P+]1(C)c2ccccc2-c2ccccc21. The van der Waals surface area contributed by atoms with Gasteiger partial charge in [0.1, 0.15) is 10.6 Å². The fraction of sp³-hybridized carbons (Fsp3) is 0.143. The molecule has 3 rings (SSSR count). The summed E-state index contributed by atoms with van der Waals surface area (Å²) in [4.78, 5) is 0. The minimum absolute atomic E-state index is 1.07. The molecule has 2 aromatic rings. The molecular formula is C14H14P+. The quantitative estimate of drug-likeness (QED) is 0.590. The van der Waals surface area contributed by atoms with Crippen LogP contribution in [0.2, 0.25) is 0 Å². The van der Waals surface area contributed by atoms with Crippen molar-refractivity contribution in [1.82, 2.24) is 0 Å². The summed E-state index contributed by atoms with van der Waals surface area (Å²) in [6, 6.07) is 17.7. The van der Waals surface area contributed by atoms with Crippen molar-refractivity contribution in [1.29, 1.82) is 0 Å². The lowest BCUT2D eigenvalue weighted by atomic mass is 10.1. The van der Waals surface area contributed by atoms with Crippen LogP contribution >= 0.6 is 7.26 Å². The average molecular weight is 213 g/mol. The van der Waals surface area contributed by atoms with Crippen molar-refractivity contribution in [3.05, 3.63) is 48.5 Å². The van der Waals surface area contributed by atoms with Crippen molar-refractivity contribution >= 4 is 17.9 Å². The maximum absolute atomic E-state index is 2.41. The van der Waals surface area contributed by atoms with Crippen molar-refractivity contribution in [2.45, 2.75) is 0 Å². The zero-order valence-corrected chi connectivity index (χ0v) is 9.96. The number of hydrogen-bond acceptors (Lipinski definition) is 0. The van der Waals surface area contributed by atoms with E-state index in [2.05, 4.69) is 61.9 Å². The Labute approximate surface area is 91.3 Å². The lowest BCUT2D eigenvalue weighted by molar-refractivity contribution is 1.71. The van der Waals surface area contributed by atoms with Crippen LogP contribution in [0, 0.1) is 0 Å². The van der Waals surface area contributed by atoms with E-state index in [4.69, 9.17) is 0 Å². The number of hydrogen-bond donors (Lipinski definition) is 0. The Morgan fingerprint density at radius 2 is 1.07 bits per heavy atom. The van der Waals surface area contributed by atoms with Crippen LogP contribution in [0.3, 0.4) is 0 Å². The van der Waals surface area contributed by atoms with Crippen LogP contribution in [0.5, 0.6) is 0 Å². The van der Waals surface area contributed by atoms with Gasteiger partial charge >= 0.3 is 0 Å². The van der Waals surface area contributed by atoms with Gasteiger partial charge < -0.3 is 0 Å². The fourth-order valence-corrected chi connectivity index (χ4v) is 5.28. The molecule has 1 aliphatic rings. The highest BCUT2D eigenvalue weighted by Crippen LogP contribution is 2.56. The van der Waals surface area contributed by atoms with Gasteiger partial charge in [0.25, 0.3) is 0 Å². The van der Waals surface area contributed by atoms with Crippen LogP contribution < -0.4 is 10.6 Å². The first-order valence-corrected chi connectivity index (χ1v) is 7.93. The first-order valence-electron chi connectivity index (χ1n) is 5.25. The summed E-state index contributed by atoms with van der Waals surface area (Å²) >= 11 is 0. The third-order valence-electron chi connectivity index (χ3n) is 3.30. The monoisotopic (exact) mass is 213 g/mol. The molecule has 15 heavy (non-hydrogen) atoms. The van der Waals surface area contributed by atoms with E-state index in [1.165, 1.54) is 11.1 Å². The third-order valence-corrected chi connectivity index (χ3v) is 6.49. The van der Waals surface area contributed by atoms with Gasteiger partial charge in [-0.15, -0.1) is 0 Å². The van der Waals surface area contributed by atoms with Crippen LogP contribution in [0.1, 0.15) is 0 Å². The molecule has 0 aromatic heterocycles. The van der Waals surface area contributed by atoms with Gasteiger partial charge in [-0.3, -0.25) is 0 Å². The second kappa shape index (κ2) is 2.93. The van der Waals surface area contributed by atoms with E-state index in [-0.39, 0.29) is 0 Å². The van der Waals surface area contributed by atoms with Crippen molar-refractivity contribution in [2.24, 2.45) is 0 Å². The lowest BCUT2D eigenvalue weighted by Gasteiger charge is -2.12. The molecule has 0 radical (unpaired) electrons. The van der Waals surface area contributed by atoms with Crippen LogP contribution in [-0.4, -0.2) is 13.3 Å². The van der Waals surface area contributed by atoms with Crippen LogP contribution in [0.25, 0.3) is 11.1 Å². The average Bonchev–Trinajstić information content (AvgIpc) is 2.51. The van der Waals surface area contributed by atoms with Gasteiger partial charge in [0.05, 0.1) is 20.6 Å². The van der Waals surface area contributed by atoms with Crippen LogP contribution in [0.4, 0.5) is 0 Å². The Balaban J connectivity index is 2.42. The number of fused-ring (bicyclic) bond motifs is 3. The van der Waals surface area contributed by atoms with E-state index in [9.17, 15) is 0 Å². The molecule has 0 nitrogen and oxygen atoms in total. The number of rotatable bonds is 0. The first-order chi connectivity index (χ1) is 7.21. The smallest absolute Gasteiger partial charge is 0.0614 e. The van der Waals surface area contributed by atoms with Gasteiger partial charge in [-0.2, -0.15) is 0 Å². The predicted molar refractivity (Wildman–Crippen MR) is 69.9 cm³/mol. The van der Waals surface area contributed by atoms with E-state index < -0.39 is 7.26 Å². The molecule has 0 N–H and O–H groups in total. The molecule has 74 valence electrons. The molecule has 0 unspecified atom stereocenters. The largest absolute Gasteiger partial charge is 0.106 e. The predicted octanol–water partition coefficient (Wildman–Crippen LogP) is 2.90. The van der Waals surface area contributed by atoms with Gasteiger partial charge in [0, 0.05) is 11.1 Å². The van der Waals surface area contributed by atoms with Crippen LogP contribution in [0.15, 0.2) is 48.5 Å². The highest BCUT2D eigenvalue weighted by molar-refractivity contribution is 7.89. The van der Waals surface area contributed by atoms with Gasteiger partial charge in [-0.1, -0.05) is 36.4 Å². The minimum atomic E-state index is -1.07. The third kappa shape index (κ3) is 1.12. The van der Waals surface area contributed by atoms with E-state index in [0.717, 1.165) is 0 Å². The van der Waals surface area contributed by atoms with E-state index in [1.54, 1.807) is 10.6 Å². The number of benzene rings is 2. The second-order valence-corrected chi connectivity index (χ2v) is 8.36. The standard InChI is InChI=1S/C14H14P/c1-15(2)13-9-5-3-7-11(13)12-8-4-6-10-14(12)15/h3-10H,1-2H3/q+1. The van der Waals surface area contributed by atoms with Crippen molar-refractivity contribution < 1.29 is 0 Å². The van der Waals surface area contributed by atoms with Crippen LogP contribution in [-0.2, 0) is 0 Å². The Morgan fingerprint density at radius 1 is 0.667 bits per heavy atom. The summed E-state index contributed by atoms with van der Waals surface area (Å²) in [6.45, 7) is 4.83. The van der Waals surface area contributed by atoms with Gasteiger partial charge in [-0.05, 0) is 12.1 Å². The molecule has 0 saturated carbocycles. The van der Waals surface area contributed by atoms with Crippen molar-refractivity contribution in [2.75, 3.05) is 13.3 Å².